The van der Waals surface area contributed by atoms with Gasteiger partial charge in [-0.1, -0.05) is 29.8 Å². The van der Waals surface area contributed by atoms with Crippen molar-refractivity contribution in [3.05, 3.63) is 57.3 Å². The molecule has 0 radical (unpaired) electrons. The Morgan fingerprint density at radius 2 is 1.85 bits per heavy atom. The Labute approximate surface area is 157 Å². The number of carbonyl (C=O) groups excluding carboxylic acids is 3. The van der Waals surface area contributed by atoms with E-state index in [-0.39, 0.29) is 24.9 Å². The summed E-state index contributed by atoms with van der Waals surface area (Å²) < 4.78 is 0. The largest absolute Gasteiger partial charge is 0.345 e. The van der Waals surface area contributed by atoms with Crippen molar-refractivity contribution in [3.63, 3.8) is 0 Å². The Balaban J connectivity index is 1.74. The molecule has 138 valence electrons. The second kappa shape index (κ2) is 9.15. The van der Waals surface area contributed by atoms with Crippen LogP contribution >= 0.6 is 11.3 Å². The molecular formula is C19H23N3O3S. The van der Waals surface area contributed by atoms with E-state index in [1.54, 1.807) is 29.5 Å². The number of aryl methyl sites for hydroxylation is 2. The SMILES string of the molecule is Cc1ccc(CN(C)C(=O)CNC(=O)CNC(=O)c2cccs2)c(C)c1. The first kappa shape index (κ1) is 19.7. The first-order valence-corrected chi connectivity index (χ1v) is 9.13. The first-order chi connectivity index (χ1) is 12.4. The number of hydrogen-bond donors (Lipinski definition) is 2. The summed E-state index contributed by atoms with van der Waals surface area (Å²) in [7, 11) is 1.70. The van der Waals surface area contributed by atoms with Gasteiger partial charge < -0.3 is 15.5 Å². The zero-order valence-electron chi connectivity index (χ0n) is 15.2. The number of likely N-dealkylation sites (N-methyl/N-ethyl adjacent to an activating group) is 1. The van der Waals surface area contributed by atoms with Crippen LogP contribution in [0, 0.1) is 13.8 Å². The number of rotatable bonds is 7. The van der Waals surface area contributed by atoms with Crippen LogP contribution < -0.4 is 10.6 Å². The third kappa shape index (κ3) is 5.70. The highest BCUT2D eigenvalue weighted by molar-refractivity contribution is 7.12. The van der Waals surface area contributed by atoms with Gasteiger partial charge in [-0.3, -0.25) is 14.4 Å². The molecule has 0 saturated carbocycles. The molecule has 0 aliphatic carbocycles. The summed E-state index contributed by atoms with van der Waals surface area (Å²) in [6, 6.07) is 9.55. The van der Waals surface area contributed by atoms with Crippen molar-refractivity contribution in [3.8, 4) is 0 Å². The summed E-state index contributed by atoms with van der Waals surface area (Å²) in [5.41, 5.74) is 3.38. The van der Waals surface area contributed by atoms with Crippen molar-refractivity contribution < 1.29 is 14.4 Å². The molecule has 6 nitrogen and oxygen atoms in total. The summed E-state index contributed by atoms with van der Waals surface area (Å²) in [6.07, 6.45) is 0. The van der Waals surface area contributed by atoms with Crippen LogP contribution in [0.3, 0.4) is 0 Å². The summed E-state index contributed by atoms with van der Waals surface area (Å²) in [5, 5.41) is 6.85. The first-order valence-electron chi connectivity index (χ1n) is 8.25. The molecule has 0 spiro atoms. The summed E-state index contributed by atoms with van der Waals surface area (Å²) in [4.78, 5) is 37.9. The van der Waals surface area contributed by atoms with E-state index < -0.39 is 5.91 Å². The second-order valence-corrected chi connectivity index (χ2v) is 7.06. The molecule has 1 aromatic carbocycles. The van der Waals surface area contributed by atoms with Gasteiger partial charge >= 0.3 is 0 Å². The van der Waals surface area contributed by atoms with Crippen LogP contribution in [0.2, 0.25) is 0 Å². The van der Waals surface area contributed by atoms with E-state index in [0.29, 0.717) is 11.4 Å². The van der Waals surface area contributed by atoms with E-state index in [4.69, 9.17) is 0 Å². The lowest BCUT2D eigenvalue weighted by Gasteiger charge is -2.19. The van der Waals surface area contributed by atoms with Gasteiger partial charge in [0, 0.05) is 13.6 Å². The Bertz CT molecular complexity index is 787. The minimum absolute atomic E-state index is 0.102. The standard InChI is InChI=1S/C19H23N3O3S/c1-13-6-7-15(14(2)9-13)12-22(3)18(24)11-20-17(23)10-21-19(25)16-5-4-8-26-16/h4-9H,10-12H2,1-3H3,(H,20,23)(H,21,25). The average Bonchev–Trinajstić information content (AvgIpc) is 3.14. The highest BCUT2D eigenvalue weighted by Crippen LogP contribution is 2.12. The van der Waals surface area contributed by atoms with Crippen molar-refractivity contribution >= 4 is 29.1 Å². The van der Waals surface area contributed by atoms with Gasteiger partial charge in [-0.2, -0.15) is 0 Å². The molecule has 3 amide bonds. The lowest BCUT2D eigenvalue weighted by atomic mass is 10.1. The maximum absolute atomic E-state index is 12.2. The second-order valence-electron chi connectivity index (χ2n) is 6.12. The molecule has 0 bridgehead atoms. The van der Waals surface area contributed by atoms with E-state index in [0.717, 1.165) is 11.1 Å². The molecule has 0 aliphatic heterocycles. The van der Waals surface area contributed by atoms with E-state index in [9.17, 15) is 14.4 Å². The lowest BCUT2D eigenvalue weighted by molar-refractivity contribution is -0.132. The quantitative estimate of drug-likeness (QED) is 0.778. The van der Waals surface area contributed by atoms with Gasteiger partial charge in [0.15, 0.2) is 0 Å². The van der Waals surface area contributed by atoms with Crippen molar-refractivity contribution in [1.82, 2.24) is 15.5 Å². The number of thiophene rings is 1. The van der Waals surface area contributed by atoms with Gasteiger partial charge in [0.25, 0.3) is 5.91 Å². The van der Waals surface area contributed by atoms with Crippen molar-refractivity contribution in [2.45, 2.75) is 20.4 Å². The predicted octanol–water partition coefficient (Wildman–Crippen LogP) is 1.87. The van der Waals surface area contributed by atoms with Gasteiger partial charge in [-0.05, 0) is 36.4 Å². The molecule has 2 rings (SSSR count). The summed E-state index contributed by atoms with van der Waals surface area (Å²) in [6.45, 7) is 4.26. The maximum atomic E-state index is 12.2. The molecular weight excluding hydrogens is 350 g/mol. The van der Waals surface area contributed by atoms with Crippen LogP contribution in [-0.4, -0.2) is 42.8 Å². The Morgan fingerprint density at radius 1 is 1.08 bits per heavy atom. The molecule has 2 aromatic rings. The van der Waals surface area contributed by atoms with Gasteiger partial charge in [0.05, 0.1) is 18.0 Å². The van der Waals surface area contributed by atoms with Crippen LogP contribution in [0.4, 0.5) is 0 Å². The van der Waals surface area contributed by atoms with Crippen LogP contribution in [0.5, 0.6) is 0 Å². The minimum Gasteiger partial charge on any atom is -0.345 e. The zero-order valence-corrected chi connectivity index (χ0v) is 16.0. The molecule has 1 aromatic heterocycles. The summed E-state index contributed by atoms with van der Waals surface area (Å²) in [5.74, 6) is -0.889. The molecule has 2 N–H and O–H groups in total. The Morgan fingerprint density at radius 3 is 2.50 bits per heavy atom. The number of nitrogens with one attached hydrogen (secondary N) is 2. The predicted molar refractivity (Wildman–Crippen MR) is 102 cm³/mol. The fraction of sp³-hybridized carbons (Fsp3) is 0.316. The van der Waals surface area contributed by atoms with Crippen LogP contribution in [0.1, 0.15) is 26.4 Å². The van der Waals surface area contributed by atoms with Crippen molar-refractivity contribution in [2.75, 3.05) is 20.1 Å². The maximum Gasteiger partial charge on any atom is 0.261 e. The zero-order chi connectivity index (χ0) is 19.1. The molecule has 0 aliphatic rings. The van der Waals surface area contributed by atoms with E-state index in [1.165, 1.54) is 16.9 Å². The average molecular weight is 373 g/mol. The number of carbonyl (C=O) groups is 3. The van der Waals surface area contributed by atoms with E-state index in [2.05, 4.69) is 16.7 Å². The van der Waals surface area contributed by atoms with E-state index in [1.807, 2.05) is 26.0 Å². The smallest absolute Gasteiger partial charge is 0.261 e. The normalized spacial score (nSPS) is 10.3. The molecule has 0 saturated heterocycles. The molecule has 0 unspecified atom stereocenters. The third-order valence-electron chi connectivity index (χ3n) is 3.92. The van der Waals surface area contributed by atoms with Gasteiger partial charge in [0.2, 0.25) is 11.8 Å². The summed E-state index contributed by atoms with van der Waals surface area (Å²) >= 11 is 1.30. The molecule has 26 heavy (non-hydrogen) atoms. The van der Waals surface area contributed by atoms with Gasteiger partial charge in [-0.25, -0.2) is 0 Å². The number of benzene rings is 1. The topological polar surface area (TPSA) is 78.5 Å². The third-order valence-corrected chi connectivity index (χ3v) is 4.79. The number of nitrogens with zero attached hydrogens (tertiary/aromatic N) is 1. The van der Waals surface area contributed by atoms with Crippen LogP contribution in [0.15, 0.2) is 35.7 Å². The van der Waals surface area contributed by atoms with Gasteiger partial charge in [0.1, 0.15) is 0 Å². The lowest BCUT2D eigenvalue weighted by Crippen LogP contribution is -2.42. The Hall–Kier alpha value is -2.67. The molecule has 1 heterocycles. The highest BCUT2D eigenvalue weighted by atomic mass is 32.1. The van der Waals surface area contributed by atoms with E-state index >= 15 is 0 Å². The van der Waals surface area contributed by atoms with Gasteiger partial charge in [-0.15, -0.1) is 11.3 Å². The highest BCUT2D eigenvalue weighted by Gasteiger charge is 2.13. The van der Waals surface area contributed by atoms with Crippen molar-refractivity contribution in [2.24, 2.45) is 0 Å². The Kier molecular flexibility index (Phi) is 6.91. The van der Waals surface area contributed by atoms with Crippen molar-refractivity contribution in [1.29, 1.82) is 0 Å². The van der Waals surface area contributed by atoms with Crippen LogP contribution in [-0.2, 0) is 16.1 Å². The number of hydrogen-bond acceptors (Lipinski definition) is 4. The molecule has 0 atom stereocenters. The van der Waals surface area contributed by atoms with Crippen LogP contribution in [0.25, 0.3) is 0 Å². The number of amides is 3. The fourth-order valence-corrected chi connectivity index (χ4v) is 3.03. The monoisotopic (exact) mass is 373 g/mol. The minimum atomic E-state index is -0.400. The fourth-order valence-electron chi connectivity index (χ4n) is 2.39. The molecule has 7 heteroatoms. The molecule has 0 fully saturated rings.